The highest BCUT2D eigenvalue weighted by molar-refractivity contribution is 5.98. The minimum atomic E-state index is -2.59. The maximum atomic E-state index is 13.3. The molecule has 1 aromatic carbocycles. The Bertz CT molecular complexity index is 1140. The molecule has 4 atom stereocenters. The smallest absolute Gasteiger partial charge is 0.346 e. The van der Waals surface area contributed by atoms with Crippen LogP contribution in [0.1, 0.15) is 36.7 Å². The van der Waals surface area contributed by atoms with Gasteiger partial charge in [-0.25, -0.2) is 9.57 Å². The van der Waals surface area contributed by atoms with E-state index in [1.54, 1.807) is 12.1 Å². The van der Waals surface area contributed by atoms with Crippen LogP contribution < -0.4 is 32.2 Å². The normalized spacial score (nSPS) is 32.5. The van der Waals surface area contributed by atoms with Gasteiger partial charge in [-0.15, -0.1) is 0 Å². The van der Waals surface area contributed by atoms with Crippen LogP contribution >= 0.6 is 0 Å². The summed E-state index contributed by atoms with van der Waals surface area (Å²) >= 11 is 0. The van der Waals surface area contributed by atoms with Crippen LogP contribution in [-0.2, 0) is 10.2 Å². The first kappa shape index (κ1) is 21.5. The number of amides is 1. The van der Waals surface area contributed by atoms with Gasteiger partial charge in [0.2, 0.25) is 11.4 Å². The van der Waals surface area contributed by atoms with Crippen LogP contribution in [0, 0.1) is 0 Å². The summed E-state index contributed by atoms with van der Waals surface area (Å²) in [6.07, 6.45) is 0. The van der Waals surface area contributed by atoms with E-state index in [1.165, 1.54) is 11.5 Å². The molecule has 9 N–H and O–H groups in total. The predicted molar refractivity (Wildman–Crippen MR) is 117 cm³/mol. The zero-order valence-electron chi connectivity index (χ0n) is 18.5. The second-order valence-electron chi connectivity index (χ2n) is 9.69. The standard InChI is InChI=1S/C21H27N7O5/c1-9(29)13-15-20(27-17(22)26-15)21(31,32)12(7-28(20)18(23)25-13)24-16(30)10-5-4-6-11-14(10)33-8-19(11,2)3/h4-6,12-13,15,31-32H,7-8H2,1-3H3,(H6,22,23,24,25,26,27,30)/p+1/t12-,13?,15-,20-/m0/s1. The molecule has 4 heterocycles. The van der Waals surface area contributed by atoms with E-state index >= 15 is 0 Å². The molecule has 4 aliphatic rings. The van der Waals surface area contributed by atoms with E-state index in [1.807, 2.05) is 19.9 Å². The van der Waals surface area contributed by atoms with E-state index in [9.17, 15) is 19.8 Å². The van der Waals surface area contributed by atoms with E-state index in [-0.39, 0.29) is 29.7 Å². The molecule has 0 aromatic heterocycles. The Morgan fingerprint density at radius 1 is 1.30 bits per heavy atom. The highest BCUT2D eigenvalue weighted by Gasteiger charge is 2.75. The first-order valence-corrected chi connectivity index (χ1v) is 10.7. The lowest BCUT2D eigenvalue weighted by atomic mass is 9.84. The Labute approximate surface area is 189 Å². The highest BCUT2D eigenvalue weighted by atomic mass is 16.5. The molecule has 12 heteroatoms. The molecule has 0 radical (unpaired) electrons. The average molecular weight is 458 g/mol. The van der Waals surface area contributed by atoms with E-state index in [0.29, 0.717) is 17.9 Å². The van der Waals surface area contributed by atoms with Gasteiger partial charge < -0.3 is 31.3 Å². The van der Waals surface area contributed by atoms with Crippen LogP contribution in [0.3, 0.4) is 0 Å². The molecule has 5 rings (SSSR count). The Kier molecular flexibility index (Phi) is 4.28. The number of hydrogen-bond acceptors (Lipinski definition) is 10. The van der Waals surface area contributed by atoms with E-state index < -0.39 is 35.5 Å². The van der Waals surface area contributed by atoms with Crippen molar-refractivity contribution in [1.82, 2.24) is 16.0 Å². The average Bonchev–Trinajstić information content (AvgIpc) is 3.32. The summed E-state index contributed by atoms with van der Waals surface area (Å²) in [6.45, 7) is 5.75. The topological polar surface area (TPSA) is 187 Å². The number of carbonyl (C=O) groups excluding carboxylic acids is 2. The van der Waals surface area contributed by atoms with Crippen LogP contribution in [-0.4, -0.2) is 81.1 Å². The van der Waals surface area contributed by atoms with E-state index in [2.05, 4.69) is 20.9 Å². The zero-order valence-corrected chi connectivity index (χ0v) is 18.5. The third-order valence-electron chi connectivity index (χ3n) is 7.08. The second-order valence-corrected chi connectivity index (χ2v) is 9.69. The summed E-state index contributed by atoms with van der Waals surface area (Å²) in [5, 5.41) is 31.2. The van der Waals surface area contributed by atoms with Crippen molar-refractivity contribution in [3.8, 4) is 5.75 Å². The number of rotatable bonds is 3. The zero-order chi connectivity index (χ0) is 23.9. The lowest BCUT2D eigenvalue weighted by molar-refractivity contribution is -0.622. The van der Waals surface area contributed by atoms with Gasteiger partial charge >= 0.3 is 5.96 Å². The van der Waals surface area contributed by atoms with Gasteiger partial charge in [-0.05, 0) is 13.0 Å². The fourth-order valence-corrected chi connectivity index (χ4v) is 5.36. The number of ketones is 1. The Morgan fingerprint density at radius 3 is 2.73 bits per heavy atom. The van der Waals surface area contributed by atoms with Crippen molar-refractivity contribution in [3.05, 3.63) is 29.3 Å². The predicted octanol–water partition coefficient (Wildman–Crippen LogP) is -2.98. The minimum Gasteiger partial charge on any atom is -0.492 e. The van der Waals surface area contributed by atoms with Crippen LogP contribution in [0.2, 0.25) is 0 Å². The summed E-state index contributed by atoms with van der Waals surface area (Å²) in [5.41, 5.74) is 11.3. The van der Waals surface area contributed by atoms with Crippen molar-refractivity contribution in [2.45, 2.75) is 55.8 Å². The first-order chi connectivity index (χ1) is 15.4. The maximum Gasteiger partial charge on any atom is 0.346 e. The molecule has 1 unspecified atom stereocenters. The quantitative estimate of drug-likeness (QED) is 0.183. The largest absolute Gasteiger partial charge is 0.492 e. The summed E-state index contributed by atoms with van der Waals surface area (Å²) < 4.78 is 7.25. The minimum absolute atomic E-state index is 0.0405. The molecule has 176 valence electrons. The highest BCUT2D eigenvalue weighted by Crippen LogP contribution is 2.43. The van der Waals surface area contributed by atoms with Crippen molar-refractivity contribution in [2.75, 3.05) is 13.2 Å². The number of fused-ring (bicyclic) bond motifs is 1. The van der Waals surface area contributed by atoms with E-state index in [0.717, 1.165) is 5.56 Å². The third kappa shape index (κ3) is 2.70. The fourth-order valence-electron chi connectivity index (χ4n) is 5.36. The molecule has 1 amide bonds. The van der Waals surface area contributed by atoms with Crippen molar-refractivity contribution < 1.29 is 29.1 Å². The SMILES string of the molecule is CC(=O)C1NC(N)=[N+]2C[C@H](NC(=O)c3cccc4c3OCC4(C)C)C(O)(O)[C@@]23NC(N)=N[C@@H]13. The number of nitrogens with one attached hydrogen (secondary N) is 3. The van der Waals surface area contributed by atoms with Gasteiger partial charge in [0.05, 0.1) is 18.7 Å². The van der Waals surface area contributed by atoms with Crippen LogP contribution in [0.5, 0.6) is 5.75 Å². The van der Waals surface area contributed by atoms with Gasteiger partial charge in [-0.3, -0.25) is 20.6 Å². The second kappa shape index (κ2) is 6.58. The molecule has 1 fully saturated rings. The van der Waals surface area contributed by atoms with Crippen molar-refractivity contribution in [1.29, 1.82) is 0 Å². The summed E-state index contributed by atoms with van der Waals surface area (Å²) in [6, 6.07) is 2.17. The number of aliphatic hydroxyl groups is 2. The fraction of sp³-hybridized carbons (Fsp3) is 0.524. The lowest BCUT2D eigenvalue weighted by Crippen LogP contribution is -2.79. The van der Waals surface area contributed by atoms with Gasteiger partial charge in [0.15, 0.2) is 23.8 Å². The van der Waals surface area contributed by atoms with Gasteiger partial charge in [-0.2, -0.15) is 0 Å². The number of hydrogen-bond donors (Lipinski definition) is 7. The van der Waals surface area contributed by atoms with Gasteiger partial charge in [0.25, 0.3) is 5.91 Å². The molecule has 1 saturated heterocycles. The molecule has 0 saturated carbocycles. The Hall–Kier alpha value is -3.38. The molecule has 4 aliphatic heterocycles. The van der Waals surface area contributed by atoms with Crippen molar-refractivity contribution in [3.63, 3.8) is 0 Å². The van der Waals surface area contributed by atoms with E-state index in [4.69, 9.17) is 16.2 Å². The van der Waals surface area contributed by atoms with Crippen LogP contribution in [0.4, 0.5) is 0 Å². The number of para-hydroxylation sites is 1. The summed E-state index contributed by atoms with van der Waals surface area (Å²) in [5.74, 6) is -2.97. The number of guanidine groups is 2. The molecule has 12 nitrogen and oxygen atoms in total. The Balaban J connectivity index is 1.51. The van der Waals surface area contributed by atoms with Gasteiger partial charge in [0.1, 0.15) is 11.8 Å². The number of aliphatic imine (C=N–C) groups is 1. The van der Waals surface area contributed by atoms with Crippen molar-refractivity contribution in [2.24, 2.45) is 16.5 Å². The molecule has 0 aliphatic carbocycles. The molecule has 0 bridgehead atoms. The number of Topliss-reactive ketones (excluding diaryl/α,β-unsaturated/α-hetero) is 1. The number of ether oxygens (including phenoxy) is 1. The van der Waals surface area contributed by atoms with Gasteiger partial charge in [0, 0.05) is 11.0 Å². The third-order valence-corrected chi connectivity index (χ3v) is 7.08. The number of carbonyl (C=O) groups is 2. The molecule has 1 spiro atoms. The van der Waals surface area contributed by atoms with Crippen molar-refractivity contribution >= 4 is 23.6 Å². The number of nitrogens with two attached hydrogens (primary N) is 2. The van der Waals surface area contributed by atoms with Crippen LogP contribution in [0.15, 0.2) is 23.2 Å². The molecular weight excluding hydrogens is 430 g/mol. The summed E-state index contributed by atoms with van der Waals surface area (Å²) in [4.78, 5) is 29.8. The molecular formula is C21H28N7O5+. The summed E-state index contributed by atoms with van der Waals surface area (Å²) in [7, 11) is 0. The van der Waals surface area contributed by atoms with Crippen LogP contribution in [0.25, 0.3) is 0 Å². The van der Waals surface area contributed by atoms with Gasteiger partial charge in [-0.1, -0.05) is 26.0 Å². The Morgan fingerprint density at radius 2 is 2.03 bits per heavy atom. The first-order valence-electron chi connectivity index (χ1n) is 10.7. The monoisotopic (exact) mass is 458 g/mol. The molecule has 1 aromatic rings. The molecule has 33 heavy (non-hydrogen) atoms. The number of benzene rings is 1. The maximum absolute atomic E-state index is 13.3. The lowest BCUT2D eigenvalue weighted by Gasteiger charge is -2.43. The number of nitrogens with zero attached hydrogens (tertiary/aromatic N) is 2.